The second kappa shape index (κ2) is 4.52. The fourth-order valence-corrected chi connectivity index (χ4v) is 2.63. The number of amides is 2. The Labute approximate surface area is 113 Å². The van der Waals surface area contributed by atoms with Crippen LogP contribution >= 0.6 is 0 Å². The highest BCUT2D eigenvalue weighted by Gasteiger charge is 2.32. The third kappa shape index (κ3) is 2.10. The minimum atomic E-state index is 0.0666. The molecule has 19 heavy (non-hydrogen) atoms. The van der Waals surface area contributed by atoms with Crippen molar-refractivity contribution in [2.24, 2.45) is 0 Å². The number of rotatable bonds is 3. The Kier molecular flexibility index (Phi) is 2.97. The lowest BCUT2D eigenvalue weighted by molar-refractivity contribution is 0.0675. The smallest absolute Gasteiger partial charge is 0.324 e. The molecule has 2 amide bonds. The van der Waals surface area contributed by atoms with Gasteiger partial charge in [0.05, 0.1) is 17.9 Å². The molecule has 0 aromatic carbocycles. The Bertz CT molecular complexity index is 477. The minimum absolute atomic E-state index is 0.0666. The number of carbonyl (C=O) groups is 1. The molecule has 0 unspecified atom stereocenters. The van der Waals surface area contributed by atoms with Gasteiger partial charge in [-0.1, -0.05) is 0 Å². The Morgan fingerprint density at radius 3 is 2.63 bits per heavy atom. The number of likely N-dealkylation sites (tertiary alicyclic amines) is 1. The van der Waals surface area contributed by atoms with Crippen molar-refractivity contribution in [3.05, 3.63) is 12.4 Å². The third-order valence-corrected chi connectivity index (χ3v) is 4.11. The van der Waals surface area contributed by atoms with Crippen LogP contribution in [0.1, 0.15) is 19.9 Å². The van der Waals surface area contributed by atoms with Crippen molar-refractivity contribution in [2.75, 3.05) is 38.1 Å². The Morgan fingerprint density at radius 2 is 2.05 bits per heavy atom. The standard InChI is InChI=1S/C13H21N5O/c1-10(2)16-7-12(8-16)18-9-11(6-14-18)17-5-4-15(3)13(17)19/h6,9-10,12H,4-5,7-8H2,1-3H3. The molecule has 0 bridgehead atoms. The highest BCUT2D eigenvalue weighted by molar-refractivity contribution is 5.93. The van der Waals surface area contributed by atoms with Crippen LogP contribution in [0, 0.1) is 0 Å². The van der Waals surface area contributed by atoms with E-state index in [4.69, 9.17) is 0 Å². The number of nitrogens with zero attached hydrogens (tertiary/aromatic N) is 5. The van der Waals surface area contributed by atoms with E-state index in [0.29, 0.717) is 12.1 Å². The maximum atomic E-state index is 11.9. The third-order valence-electron chi connectivity index (χ3n) is 4.11. The van der Waals surface area contributed by atoms with Crippen molar-refractivity contribution < 1.29 is 4.79 Å². The van der Waals surface area contributed by atoms with E-state index in [1.54, 1.807) is 16.0 Å². The molecule has 6 heteroatoms. The van der Waals surface area contributed by atoms with Crippen molar-refractivity contribution in [3.63, 3.8) is 0 Å². The van der Waals surface area contributed by atoms with Gasteiger partial charge < -0.3 is 4.90 Å². The number of aromatic nitrogens is 2. The number of hydrogen-bond donors (Lipinski definition) is 0. The molecule has 6 nitrogen and oxygen atoms in total. The van der Waals surface area contributed by atoms with E-state index in [1.165, 1.54) is 0 Å². The number of hydrogen-bond acceptors (Lipinski definition) is 3. The van der Waals surface area contributed by atoms with Gasteiger partial charge in [0.2, 0.25) is 0 Å². The fraction of sp³-hybridized carbons (Fsp3) is 0.692. The van der Waals surface area contributed by atoms with E-state index in [0.717, 1.165) is 31.9 Å². The van der Waals surface area contributed by atoms with Crippen LogP contribution in [-0.2, 0) is 0 Å². The average Bonchev–Trinajstić information content (AvgIpc) is 2.86. The molecule has 0 atom stereocenters. The number of anilines is 1. The monoisotopic (exact) mass is 263 g/mol. The molecule has 0 radical (unpaired) electrons. The highest BCUT2D eigenvalue weighted by atomic mass is 16.2. The molecule has 3 heterocycles. The van der Waals surface area contributed by atoms with Crippen LogP contribution < -0.4 is 4.90 Å². The van der Waals surface area contributed by atoms with E-state index in [2.05, 4.69) is 23.8 Å². The molecule has 3 rings (SSSR count). The van der Waals surface area contributed by atoms with E-state index in [9.17, 15) is 4.79 Å². The van der Waals surface area contributed by atoms with Gasteiger partial charge in [-0.25, -0.2) is 4.79 Å². The number of likely N-dealkylation sites (N-methyl/N-ethyl adjacent to an activating group) is 1. The molecule has 0 N–H and O–H groups in total. The Balaban J connectivity index is 1.66. The largest absolute Gasteiger partial charge is 0.326 e. The van der Waals surface area contributed by atoms with Gasteiger partial charge in [-0.15, -0.1) is 0 Å². The average molecular weight is 263 g/mol. The van der Waals surface area contributed by atoms with Crippen LogP contribution in [0.5, 0.6) is 0 Å². The quantitative estimate of drug-likeness (QED) is 0.818. The van der Waals surface area contributed by atoms with Crippen LogP contribution in [0.15, 0.2) is 12.4 Å². The van der Waals surface area contributed by atoms with Gasteiger partial charge in [0.1, 0.15) is 0 Å². The summed E-state index contributed by atoms with van der Waals surface area (Å²) in [5, 5.41) is 4.41. The minimum Gasteiger partial charge on any atom is -0.326 e. The summed E-state index contributed by atoms with van der Waals surface area (Å²) in [6.45, 7) is 8.06. The first-order chi connectivity index (χ1) is 9.06. The van der Waals surface area contributed by atoms with Gasteiger partial charge in [0.25, 0.3) is 0 Å². The lowest BCUT2D eigenvalue weighted by Crippen LogP contribution is -2.51. The summed E-state index contributed by atoms with van der Waals surface area (Å²) in [7, 11) is 1.83. The van der Waals surface area contributed by atoms with Gasteiger partial charge >= 0.3 is 6.03 Å². The molecular formula is C13H21N5O. The summed E-state index contributed by atoms with van der Waals surface area (Å²) in [6.07, 6.45) is 3.80. The molecule has 2 fully saturated rings. The number of urea groups is 1. The molecule has 0 spiro atoms. The van der Waals surface area contributed by atoms with Gasteiger partial charge in [0, 0.05) is 45.5 Å². The van der Waals surface area contributed by atoms with Crippen LogP contribution in [0.4, 0.5) is 10.5 Å². The first-order valence-corrected chi connectivity index (χ1v) is 6.87. The summed E-state index contributed by atoms with van der Waals surface area (Å²) >= 11 is 0. The zero-order chi connectivity index (χ0) is 13.6. The molecule has 2 aliphatic heterocycles. The fourth-order valence-electron chi connectivity index (χ4n) is 2.63. The molecule has 0 aliphatic carbocycles. The summed E-state index contributed by atoms with van der Waals surface area (Å²) in [4.78, 5) is 17.9. The molecule has 104 valence electrons. The zero-order valence-electron chi connectivity index (χ0n) is 11.8. The number of carbonyl (C=O) groups excluding carboxylic acids is 1. The molecular weight excluding hydrogens is 242 g/mol. The van der Waals surface area contributed by atoms with Crippen molar-refractivity contribution >= 4 is 11.7 Å². The zero-order valence-corrected chi connectivity index (χ0v) is 11.8. The van der Waals surface area contributed by atoms with Gasteiger partial charge in [-0.3, -0.25) is 14.5 Å². The maximum Gasteiger partial charge on any atom is 0.324 e. The molecule has 2 aliphatic rings. The van der Waals surface area contributed by atoms with Crippen molar-refractivity contribution in [2.45, 2.75) is 25.9 Å². The molecule has 0 saturated carbocycles. The topological polar surface area (TPSA) is 44.6 Å². The first kappa shape index (κ1) is 12.5. The van der Waals surface area contributed by atoms with Crippen LogP contribution in [0.2, 0.25) is 0 Å². The first-order valence-electron chi connectivity index (χ1n) is 6.87. The van der Waals surface area contributed by atoms with Crippen LogP contribution in [0.25, 0.3) is 0 Å². The Hall–Kier alpha value is -1.56. The van der Waals surface area contributed by atoms with Crippen molar-refractivity contribution in [1.82, 2.24) is 19.6 Å². The predicted molar refractivity (Wildman–Crippen MR) is 73.3 cm³/mol. The Morgan fingerprint density at radius 1 is 1.32 bits per heavy atom. The summed E-state index contributed by atoms with van der Waals surface area (Å²) in [5.74, 6) is 0. The normalized spacial score (nSPS) is 21.6. The van der Waals surface area contributed by atoms with E-state index in [-0.39, 0.29) is 6.03 Å². The molecule has 2 saturated heterocycles. The molecule has 1 aromatic heterocycles. The van der Waals surface area contributed by atoms with Crippen LogP contribution in [0.3, 0.4) is 0 Å². The lowest BCUT2D eigenvalue weighted by Gasteiger charge is -2.41. The van der Waals surface area contributed by atoms with Gasteiger partial charge in [0.15, 0.2) is 0 Å². The van der Waals surface area contributed by atoms with Crippen molar-refractivity contribution in [1.29, 1.82) is 0 Å². The molecule has 1 aromatic rings. The van der Waals surface area contributed by atoms with Gasteiger partial charge in [-0.05, 0) is 13.8 Å². The van der Waals surface area contributed by atoms with E-state index >= 15 is 0 Å². The lowest BCUT2D eigenvalue weighted by atomic mass is 10.1. The SMILES string of the molecule is CC(C)N1CC(n2cc(N3CCN(C)C3=O)cn2)C1. The summed E-state index contributed by atoms with van der Waals surface area (Å²) < 4.78 is 2.00. The summed E-state index contributed by atoms with van der Waals surface area (Å²) in [5.41, 5.74) is 0.914. The second-order valence-electron chi connectivity index (χ2n) is 5.74. The van der Waals surface area contributed by atoms with Crippen molar-refractivity contribution in [3.8, 4) is 0 Å². The van der Waals surface area contributed by atoms with Crippen LogP contribution in [-0.4, -0.2) is 64.9 Å². The van der Waals surface area contributed by atoms with Gasteiger partial charge in [-0.2, -0.15) is 5.10 Å². The van der Waals surface area contributed by atoms with E-state index < -0.39 is 0 Å². The predicted octanol–water partition coefficient (Wildman–Crippen LogP) is 1.02. The highest BCUT2D eigenvalue weighted by Crippen LogP contribution is 2.26. The summed E-state index contributed by atoms with van der Waals surface area (Å²) in [6, 6.07) is 1.11. The van der Waals surface area contributed by atoms with E-state index in [1.807, 2.05) is 17.9 Å². The second-order valence-corrected chi connectivity index (χ2v) is 5.74. The maximum absolute atomic E-state index is 11.9.